The number of halogens is 1. The van der Waals surface area contributed by atoms with E-state index in [9.17, 15) is 18.0 Å². The summed E-state index contributed by atoms with van der Waals surface area (Å²) in [7, 11) is -3.78. The quantitative estimate of drug-likeness (QED) is 0.500. The Morgan fingerprint density at radius 1 is 0.947 bits per heavy atom. The van der Waals surface area contributed by atoms with Gasteiger partial charge in [-0.3, -0.25) is 9.59 Å². The van der Waals surface area contributed by atoms with Gasteiger partial charge in [0.25, 0.3) is 5.91 Å². The van der Waals surface area contributed by atoms with Crippen molar-refractivity contribution < 1.29 is 22.7 Å². The summed E-state index contributed by atoms with van der Waals surface area (Å²) >= 11 is 5.93. The molecular weight excluding hydrogens is 526 g/mol. The maximum atomic E-state index is 13.8. The summed E-state index contributed by atoms with van der Waals surface area (Å²) < 4.78 is 33.8. The highest BCUT2D eigenvalue weighted by atomic mass is 35.5. The largest absolute Gasteiger partial charge is 0.477 e. The van der Waals surface area contributed by atoms with Gasteiger partial charge in [0.1, 0.15) is 5.75 Å². The average Bonchev–Trinajstić information content (AvgIpc) is 2.95. The second-order valence-corrected chi connectivity index (χ2v) is 11.8. The third-order valence-electron chi connectivity index (χ3n) is 6.83. The predicted molar refractivity (Wildman–Crippen MR) is 144 cm³/mol. The number of nitrogens with zero attached hydrogens (tertiary/aromatic N) is 2. The highest BCUT2D eigenvalue weighted by Crippen LogP contribution is 2.35. The van der Waals surface area contributed by atoms with Crippen molar-refractivity contribution in [3.05, 3.63) is 89.4 Å². The molecule has 8 nitrogen and oxygen atoms in total. The van der Waals surface area contributed by atoms with Crippen LogP contribution in [-0.2, 0) is 26.2 Å². The van der Waals surface area contributed by atoms with Gasteiger partial charge in [-0.15, -0.1) is 0 Å². The summed E-state index contributed by atoms with van der Waals surface area (Å²) in [5.41, 5.74) is 1.52. The number of para-hydroxylation sites is 2. The standard InChI is InChI=1S/C28H28ClN3O5S/c29-22-12-14-23(15-13-22)38(35,36)31-16-6-9-21(18-31)28(34)32-19-26(37-25-11-5-4-10-24(25)32)27(33)30-17-20-7-2-1-3-8-20/h1-5,7-8,10-15,21,26H,6,9,16-19H2,(H,30,33)/t21-,26+/m1/s1. The Bertz CT molecular complexity index is 1420. The van der Waals surface area contributed by atoms with Crippen molar-refractivity contribution in [2.24, 2.45) is 5.92 Å². The normalized spacial score (nSPS) is 19.8. The minimum absolute atomic E-state index is 0.0386. The first-order valence-electron chi connectivity index (χ1n) is 12.5. The molecule has 1 fully saturated rings. The zero-order chi connectivity index (χ0) is 26.7. The van der Waals surface area contributed by atoms with E-state index in [1.165, 1.54) is 28.6 Å². The van der Waals surface area contributed by atoms with Gasteiger partial charge in [-0.05, 0) is 54.8 Å². The van der Waals surface area contributed by atoms with E-state index in [1.54, 1.807) is 29.2 Å². The molecule has 0 aliphatic carbocycles. The minimum atomic E-state index is -3.78. The fourth-order valence-corrected chi connectivity index (χ4v) is 6.47. The van der Waals surface area contributed by atoms with E-state index in [4.69, 9.17) is 16.3 Å². The number of anilines is 1. The van der Waals surface area contributed by atoms with Crippen LogP contribution in [0.3, 0.4) is 0 Å². The lowest BCUT2D eigenvalue weighted by Crippen LogP contribution is -2.53. The second kappa shape index (κ2) is 11.1. The summed E-state index contributed by atoms with van der Waals surface area (Å²) in [6.45, 7) is 0.777. The van der Waals surface area contributed by atoms with Crippen LogP contribution < -0.4 is 15.0 Å². The highest BCUT2D eigenvalue weighted by Gasteiger charge is 2.39. The molecule has 0 saturated carbocycles. The molecule has 38 heavy (non-hydrogen) atoms. The van der Waals surface area contributed by atoms with Gasteiger partial charge in [0, 0.05) is 24.7 Å². The van der Waals surface area contributed by atoms with Gasteiger partial charge in [0.05, 0.1) is 23.0 Å². The monoisotopic (exact) mass is 553 g/mol. The number of rotatable bonds is 6. The van der Waals surface area contributed by atoms with Crippen molar-refractivity contribution in [2.45, 2.75) is 30.4 Å². The number of fused-ring (bicyclic) bond motifs is 1. The molecule has 2 heterocycles. The number of sulfonamides is 1. The van der Waals surface area contributed by atoms with Crippen LogP contribution in [0.25, 0.3) is 0 Å². The average molecular weight is 554 g/mol. The molecular formula is C28H28ClN3O5S. The molecule has 2 aliphatic rings. The van der Waals surface area contributed by atoms with E-state index in [0.29, 0.717) is 42.4 Å². The van der Waals surface area contributed by atoms with Crippen LogP contribution in [-0.4, -0.2) is 50.3 Å². The van der Waals surface area contributed by atoms with Crippen molar-refractivity contribution in [1.82, 2.24) is 9.62 Å². The van der Waals surface area contributed by atoms with E-state index < -0.39 is 22.0 Å². The molecule has 0 radical (unpaired) electrons. The Morgan fingerprint density at radius 3 is 2.42 bits per heavy atom. The van der Waals surface area contributed by atoms with Gasteiger partial charge in [-0.1, -0.05) is 54.1 Å². The van der Waals surface area contributed by atoms with Gasteiger partial charge in [-0.25, -0.2) is 8.42 Å². The number of piperidine rings is 1. The number of amides is 2. The molecule has 198 valence electrons. The van der Waals surface area contributed by atoms with Gasteiger partial charge in [-0.2, -0.15) is 4.31 Å². The van der Waals surface area contributed by atoms with E-state index in [0.717, 1.165) is 5.56 Å². The number of benzene rings is 3. The van der Waals surface area contributed by atoms with Crippen LogP contribution in [0.4, 0.5) is 5.69 Å². The van der Waals surface area contributed by atoms with E-state index in [2.05, 4.69) is 5.32 Å². The molecule has 1 saturated heterocycles. The Labute approximate surface area is 227 Å². The molecule has 10 heteroatoms. The van der Waals surface area contributed by atoms with Gasteiger partial charge in [0.15, 0.2) is 6.10 Å². The zero-order valence-electron chi connectivity index (χ0n) is 20.6. The topological polar surface area (TPSA) is 96.0 Å². The summed E-state index contributed by atoms with van der Waals surface area (Å²) in [5, 5.41) is 3.34. The Hall–Kier alpha value is -3.40. The van der Waals surface area contributed by atoms with Gasteiger partial charge < -0.3 is 15.0 Å². The van der Waals surface area contributed by atoms with Crippen LogP contribution in [0.5, 0.6) is 5.75 Å². The maximum absolute atomic E-state index is 13.8. The van der Waals surface area contributed by atoms with Crippen LogP contribution in [0.15, 0.2) is 83.8 Å². The molecule has 2 amide bonds. The number of carbonyl (C=O) groups is 2. The first kappa shape index (κ1) is 26.2. The Morgan fingerprint density at radius 2 is 1.66 bits per heavy atom. The second-order valence-electron chi connectivity index (χ2n) is 9.38. The predicted octanol–water partition coefficient (Wildman–Crippen LogP) is 3.85. The Balaban J connectivity index is 1.32. The minimum Gasteiger partial charge on any atom is -0.477 e. The van der Waals surface area contributed by atoms with Gasteiger partial charge in [0.2, 0.25) is 15.9 Å². The summed E-state index contributed by atoms with van der Waals surface area (Å²) in [4.78, 5) is 28.5. The molecule has 0 spiro atoms. The van der Waals surface area contributed by atoms with Crippen molar-refractivity contribution in [3.63, 3.8) is 0 Å². The SMILES string of the molecule is O=C(NCc1ccccc1)[C@@H]1CN(C(=O)[C@@H]2CCCN(S(=O)(=O)c3ccc(Cl)cc3)C2)c2ccccc2O1. The fourth-order valence-electron chi connectivity index (χ4n) is 4.82. The molecule has 5 rings (SSSR count). The van der Waals surface area contributed by atoms with Crippen molar-refractivity contribution in [2.75, 3.05) is 24.5 Å². The third kappa shape index (κ3) is 5.55. The van der Waals surface area contributed by atoms with Crippen molar-refractivity contribution >= 4 is 39.1 Å². The van der Waals surface area contributed by atoms with Crippen LogP contribution in [0.1, 0.15) is 18.4 Å². The lowest BCUT2D eigenvalue weighted by atomic mass is 9.97. The molecule has 3 aromatic carbocycles. The third-order valence-corrected chi connectivity index (χ3v) is 8.96. The number of carbonyl (C=O) groups excluding carboxylic acids is 2. The lowest BCUT2D eigenvalue weighted by Gasteiger charge is -2.38. The summed E-state index contributed by atoms with van der Waals surface area (Å²) in [5.74, 6) is -0.659. The molecule has 3 aromatic rings. The maximum Gasteiger partial charge on any atom is 0.263 e. The fraction of sp³-hybridized carbons (Fsp3) is 0.286. The molecule has 2 atom stereocenters. The van der Waals surface area contributed by atoms with E-state index >= 15 is 0 Å². The van der Waals surface area contributed by atoms with Crippen molar-refractivity contribution in [3.8, 4) is 5.75 Å². The Kier molecular flexibility index (Phi) is 7.69. The lowest BCUT2D eigenvalue weighted by molar-refractivity contribution is -0.129. The molecule has 1 N–H and O–H groups in total. The number of ether oxygens (including phenoxy) is 1. The summed E-state index contributed by atoms with van der Waals surface area (Å²) in [6, 6.07) is 22.6. The summed E-state index contributed by atoms with van der Waals surface area (Å²) in [6.07, 6.45) is 0.210. The smallest absolute Gasteiger partial charge is 0.263 e. The molecule has 0 unspecified atom stereocenters. The van der Waals surface area contributed by atoms with Crippen LogP contribution >= 0.6 is 11.6 Å². The first-order valence-corrected chi connectivity index (χ1v) is 14.3. The number of nitrogens with one attached hydrogen (secondary N) is 1. The first-order chi connectivity index (χ1) is 18.3. The molecule has 0 bridgehead atoms. The van der Waals surface area contributed by atoms with E-state index in [1.807, 2.05) is 30.3 Å². The van der Waals surface area contributed by atoms with E-state index in [-0.39, 0.29) is 29.8 Å². The number of hydrogen-bond donors (Lipinski definition) is 1. The van der Waals surface area contributed by atoms with Gasteiger partial charge >= 0.3 is 0 Å². The van der Waals surface area contributed by atoms with Crippen LogP contribution in [0, 0.1) is 5.92 Å². The molecule has 2 aliphatic heterocycles. The van der Waals surface area contributed by atoms with Crippen LogP contribution in [0.2, 0.25) is 5.02 Å². The number of hydrogen-bond acceptors (Lipinski definition) is 5. The molecule has 0 aromatic heterocycles. The van der Waals surface area contributed by atoms with Crippen molar-refractivity contribution in [1.29, 1.82) is 0 Å². The zero-order valence-corrected chi connectivity index (χ0v) is 22.2. The highest BCUT2D eigenvalue weighted by molar-refractivity contribution is 7.89.